The van der Waals surface area contributed by atoms with Crippen LogP contribution in [-0.2, 0) is 4.79 Å². The van der Waals surface area contributed by atoms with Crippen LogP contribution in [0.5, 0.6) is 5.88 Å². The van der Waals surface area contributed by atoms with Crippen molar-refractivity contribution in [1.82, 2.24) is 14.9 Å². The molecule has 20 heavy (non-hydrogen) atoms. The number of nitrogens with zero attached hydrogens (tertiary/aromatic N) is 4. The van der Waals surface area contributed by atoms with Crippen LogP contribution in [0.25, 0.3) is 0 Å². The van der Waals surface area contributed by atoms with E-state index in [0.717, 1.165) is 38.2 Å². The Hall–Kier alpha value is -1.85. The van der Waals surface area contributed by atoms with Crippen molar-refractivity contribution in [3.63, 3.8) is 0 Å². The fraction of sp³-hybridized carbons (Fsp3) is 0.643. The van der Waals surface area contributed by atoms with Gasteiger partial charge in [-0.1, -0.05) is 0 Å². The average molecular weight is 276 g/mol. The maximum Gasteiger partial charge on any atom is 0.222 e. The average Bonchev–Trinajstić information content (AvgIpc) is 2.76. The van der Waals surface area contributed by atoms with Gasteiger partial charge in [0.25, 0.3) is 0 Å². The lowest BCUT2D eigenvalue weighted by Crippen LogP contribution is -2.55. The molecule has 1 spiro atoms. The van der Waals surface area contributed by atoms with Gasteiger partial charge in [-0.3, -0.25) is 4.79 Å². The molecule has 3 heterocycles. The molecule has 3 rings (SSSR count). The quantitative estimate of drug-likeness (QED) is 0.809. The van der Waals surface area contributed by atoms with Crippen molar-refractivity contribution in [3.8, 4) is 5.88 Å². The number of rotatable bonds is 2. The van der Waals surface area contributed by atoms with Crippen LogP contribution in [0.1, 0.15) is 25.7 Å². The van der Waals surface area contributed by atoms with Crippen LogP contribution in [0.4, 0.5) is 5.82 Å². The predicted molar refractivity (Wildman–Crippen MR) is 74.8 cm³/mol. The van der Waals surface area contributed by atoms with E-state index in [1.165, 1.54) is 6.33 Å². The van der Waals surface area contributed by atoms with E-state index < -0.39 is 0 Å². The number of ether oxygens (including phenoxy) is 1. The first-order valence-corrected chi connectivity index (χ1v) is 7.02. The summed E-state index contributed by atoms with van der Waals surface area (Å²) in [5.74, 6) is 1.71. The van der Waals surface area contributed by atoms with Gasteiger partial charge >= 0.3 is 0 Å². The summed E-state index contributed by atoms with van der Waals surface area (Å²) in [6, 6.07) is 1.86. The molecule has 1 atom stereocenters. The molecule has 6 nitrogen and oxygen atoms in total. The minimum absolute atomic E-state index is 0.0203. The molecule has 1 aromatic heterocycles. The smallest absolute Gasteiger partial charge is 0.222 e. The lowest BCUT2D eigenvalue weighted by molar-refractivity contribution is -0.129. The zero-order valence-corrected chi connectivity index (χ0v) is 12.0. The SMILES string of the molecule is COc1cc(N2CCCC3(CCC(=O)N3C)C2)ncn1. The first kappa shape index (κ1) is 13.1. The third-order valence-electron chi connectivity index (χ3n) is 4.61. The maximum absolute atomic E-state index is 11.9. The number of piperidine rings is 1. The molecule has 1 aromatic rings. The number of methoxy groups -OCH3 is 1. The number of likely N-dealkylation sites (N-methyl/N-ethyl adjacent to an activating group) is 1. The molecule has 0 N–H and O–H groups in total. The van der Waals surface area contributed by atoms with Crippen LogP contribution in [0.15, 0.2) is 12.4 Å². The molecular formula is C14H20N4O2. The number of aromatic nitrogens is 2. The molecule has 2 aliphatic rings. The van der Waals surface area contributed by atoms with Gasteiger partial charge in [-0.2, -0.15) is 0 Å². The molecule has 2 fully saturated rings. The van der Waals surface area contributed by atoms with E-state index in [-0.39, 0.29) is 11.4 Å². The van der Waals surface area contributed by atoms with Crippen molar-refractivity contribution in [2.45, 2.75) is 31.2 Å². The van der Waals surface area contributed by atoms with Gasteiger partial charge in [0.2, 0.25) is 11.8 Å². The highest BCUT2D eigenvalue weighted by Gasteiger charge is 2.45. The van der Waals surface area contributed by atoms with E-state index >= 15 is 0 Å². The number of amides is 1. The molecule has 0 saturated carbocycles. The second-order valence-corrected chi connectivity index (χ2v) is 5.62. The number of carbonyl (C=O) groups excluding carboxylic acids is 1. The standard InChI is InChI=1S/C14H20N4O2/c1-17-13(19)4-6-14(17)5-3-7-18(9-14)11-8-12(20-2)16-10-15-11/h8,10H,3-7,9H2,1-2H3. The molecule has 0 aliphatic carbocycles. The van der Waals surface area contributed by atoms with Gasteiger partial charge in [0.05, 0.1) is 12.6 Å². The molecule has 2 saturated heterocycles. The Labute approximate surface area is 118 Å². The number of anilines is 1. The summed E-state index contributed by atoms with van der Waals surface area (Å²) < 4.78 is 5.16. The van der Waals surface area contributed by atoms with E-state index in [0.29, 0.717) is 12.3 Å². The highest BCUT2D eigenvalue weighted by molar-refractivity contribution is 5.79. The van der Waals surface area contributed by atoms with Crippen molar-refractivity contribution in [1.29, 1.82) is 0 Å². The summed E-state index contributed by atoms with van der Waals surface area (Å²) in [5.41, 5.74) is -0.0203. The van der Waals surface area contributed by atoms with Crippen molar-refractivity contribution in [3.05, 3.63) is 12.4 Å². The highest BCUT2D eigenvalue weighted by Crippen LogP contribution is 2.37. The topological polar surface area (TPSA) is 58.6 Å². The number of hydrogen-bond acceptors (Lipinski definition) is 5. The minimum Gasteiger partial charge on any atom is -0.481 e. The van der Waals surface area contributed by atoms with Crippen molar-refractivity contribution >= 4 is 11.7 Å². The molecule has 1 unspecified atom stereocenters. The van der Waals surface area contributed by atoms with Gasteiger partial charge in [-0.05, 0) is 19.3 Å². The Morgan fingerprint density at radius 2 is 2.20 bits per heavy atom. The Balaban J connectivity index is 1.83. The summed E-state index contributed by atoms with van der Waals surface area (Å²) in [7, 11) is 3.53. The largest absolute Gasteiger partial charge is 0.481 e. The van der Waals surface area contributed by atoms with Crippen LogP contribution in [-0.4, -0.2) is 53.6 Å². The summed E-state index contributed by atoms with van der Waals surface area (Å²) in [6.45, 7) is 1.80. The molecule has 1 amide bonds. The van der Waals surface area contributed by atoms with E-state index in [1.54, 1.807) is 7.11 Å². The third-order valence-corrected chi connectivity index (χ3v) is 4.61. The van der Waals surface area contributed by atoms with Crippen LogP contribution < -0.4 is 9.64 Å². The number of hydrogen-bond donors (Lipinski definition) is 0. The summed E-state index contributed by atoms with van der Waals surface area (Å²) in [6.07, 6.45) is 5.29. The Morgan fingerprint density at radius 3 is 2.90 bits per heavy atom. The lowest BCUT2D eigenvalue weighted by atomic mass is 9.86. The lowest BCUT2D eigenvalue weighted by Gasteiger charge is -2.44. The van der Waals surface area contributed by atoms with Gasteiger partial charge in [0.1, 0.15) is 12.1 Å². The first-order chi connectivity index (χ1) is 9.64. The summed E-state index contributed by atoms with van der Waals surface area (Å²) in [5, 5.41) is 0. The Bertz CT molecular complexity index is 522. The normalized spacial score (nSPS) is 26.4. The second-order valence-electron chi connectivity index (χ2n) is 5.62. The molecular weight excluding hydrogens is 256 g/mol. The van der Waals surface area contributed by atoms with Crippen LogP contribution in [0, 0.1) is 0 Å². The molecule has 6 heteroatoms. The third kappa shape index (κ3) is 2.09. The molecule has 108 valence electrons. The van der Waals surface area contributed by atoms with Gasteiger partial charge < -0.3 is 14.5 Å². The molecule has 0 aromatic carbocycles. The maximum atomic E-state index is 11.9. The summed E-state index contributed by atoms with van der Waals surface area (Å²) >= 11 is 0. The van der Waals surface area contributed by atoms with Gasteiger partial charge in [0, 0.05) is 32.6 Å². The van der Waals surface area contributed by atoms with Gasteiger partial charge in [-0.15, -0.1) is 0 Å². The zero-order valence-electron chi connectivity index (χ0n) is 12.0. The second kappa shape index (κ2) is 4.92. The first-order valence-electron chi connectivity index (χ1n) is 7.02. The van der Waals surface area contributed by atoms with E-state index in [1.807, 2.05) is 18.0 Å². The van der Waals surface area contributed by atoms with E-state index in [9.17, 15) is 4.79 Å². The molecule has 0 radical (unpaired) electrons. The number of likely N-dealkylation sites (tertiary alicyclic amines) is 1. The van der Waals surface area contributed by atoms with Crippen molar-refractivity contribution < 1.29 is 9.53 Å². The zero-order chi connectivity index (χ0) is 14.2. The Morgan fingerprint density at radius 1 is 1.35 bits per heavy atom. The fourth-order valence-electron chi connectivity index (χ4n) is 3.34. The van der Waals surface area contributed by atoms with Gasteiger partial charge in [-0.25, -0.2) is 9.97 Å². The van der Waals surface area contributed by atoms with Gasteiger partial charge in [0.15, 0.2) is 0 Å². The molecule has 2 aliphatic heterocycles. The molecule has 0 bridgehead atoms. The van der Waals surface area contributed by atoms with Crippen LogP contribution in [0.3, 0.4) is 0 Å². The van der Waals surface area contributed by atoms with E-state index in [4.69, 9.17) is 4.74 Å². The Kier molecular flexibility index (Phi) is 3.23. The van der Waals surface area contributed by atoms with E-state index in [2.05, 4.69) is 14.9 Å². The predicted octanol–water partition coefficient (Wildman–Crippen LogP) is 1.08. The van der Waals surface area contributed by atoms with Crippen molar-refractivity contribution in [2.24, 2.45) is 0 Å². The fourth-order valence-corrected chi connectivity index (χ4v) is 3.34. The highest BCUT2D eigenvalue weighted by atomic mass is 16.5. The summed E-state index contributed by atoms with van der Waals surface area (Å²) in [4.78, 5) is 24.4. The minimum atomic E-state index is -0.0203. The van der Waals surface area contributed by atoms with Crippen molar-refractivity contribution in [2.75, 3.05) is 32.1 Å². The number of carbonyl (C=O) groups is 1. The van der Waals surface area contributed by atoms with Crippen LogP contribution in [0.2, 0.25) is 0 Å². The van der Waals surface area contributed by atoms with Crippen LogP contribution >= 0.6 is 0 Å². The monoisotopic (exact) mass is 276 g/mol.